The van der Waals surface area contributed by atoms with E-state index in [9.17, 15) is 0 Å². The molecule has 2 aromatic heterocycles. The molecule has 1 unspecified atom stereocenters. The zero-order chi connectivity index (χ0) is 53.9. The molecule has 0 bridgehead atoms. The molecule has 3 heterocycles. The van der Waals surface area contributed by atoms with Crippen molar-refractivity contribution >= 4 is 60.7 Å². The highest BCUT2D eigenvalue weighted by atomic mass is 15.1. The Bertz CT molecular complexity index is 4990. The maximum Gasteiger partial charge on any atom is 0.0754 e. The molecule has 1 aliphatic carbocycles. The molecule has 1 aliphatic heterocycles. The maximum absolute atomic E-state index is 2.52. The van der Waals surface area contributed by atoms with Crippen molar-refractivity contribution < 1.29 is 0 Å². The Balaban J connectivity index is 0.819. The van der Waals surface area contributed by atoms with Gasteiger partial charge in [0.1, 0.15) is 0 Å². The van der Waals surface area contributed by atoms with Crippen molar-refractivity contribution in [1.82, 2.24) is 9.13 Å². The third kappa shape index (κ3) is 6.71. The van der Waals surface area contributed by atoms with Gasteiger partial charge in [0.2, 0.25) is 0 Å². The number of para-hydroxylation sites is 6. The second-order valence-corrected chi connectivity index (χ2v) is 21.9. The summed E-state index contributed by atoms with van der Waals surface area (Å²) in [7, 11) is 0. The zero-order valence-corrected chi connectivity index (χ0v) is 44.8. The Morgan fingerprint density at radius 3 is 1.50 bits per heavy atom. The molecule has 2 aliphatic rings. The average Bonchev–Trinajstić information content (AvgIpc) is 1.57. The third-order valence-corrected chi connectivity index (χ3v) is 17.7. The molecule has 17 rings (SSSR count). The standard InChI is InChI=1S/C79H51N3/c1-2-20-54(21-3-1)60-24-4-5-25-61(60)64-27-7-13-35-73(64)80(57-45-40-52(41-46-57)53-42-47-58(48-43-53)81-74-36-14-8-28-65(74)66-29-9-15-37-75(66)81)59-23-18-22-55(50-59)56-44-49-63-62-26-6-11-32-69(62)79(72(63)51-56)70-33-12-17-39-77(70)82-76-38-16-10-30-67(76)68-31-19-34-71(79)78(68)82/h1-51H. The van der Waals surface area contributed by atoms with Gasteiger partial charge in [0.25, 0.3) is 0 Å². The Morgan fingerprint density at radius 2 is 0.756 bits per heavy atom. The van der Waals surface area contributed by atoms with Crippen molar-refractivity contribution in [3.05, 3.63) is 332 Å². The summed E-state index contributed by atoms with van der Waals surface area (Å²) >= 11 is 0. The number of nitrogens with zero attached hydrogens (tertiary/aromatic N) is 3. The van der Waals surface area contributed by atoms with Gasteiger partial charge in [0.15, 0.2) is 0 Å². The van der Waals surface area contributed by atoms with Crippen molar-refractivity contribution in [2.75, 3.05) is 4.90 Å². The van der Waals surface area contributed by atoms with Crippen molar-refractivity contribution in [2.24, 2.45) is 0 Å². The molecule has 82 heavy (non-hydrogen) atoms. The number of anilines is 3. The minimum absolute atomic E-state index is 0.551. The molecule has 0 saturated carbocycles. The van der Waals surface area contributed by atoms with E-state index in [0.717, 1.165) is 45.0 Å². The van der Waals surface area contributed by atoms with Crippen LogP contribution in [0.25, 0.3) is 111 Å². The first-order chi connectivity index (χ1) is 40.7. The lowest BCUT2D eigenvalue weighted by molar-refractivity contribution is 0.749. The summed E-state index contributed by atoms with van der Waals surface area (Å²) < 4.78 is 4.90. The van der Waals surface area contributed by atoms with Crippen LogP contribution in [-0.2, 0) is 5.41 Å². The summed E-state index contributed by atoms with van der Waals surface area (Å²) in [5.74, 6) is 0. The molecule has 0 radical (unpaired) electrons. The predicted octanol–water partition coefficient (Wildman–Crippen LogP) is 20.7. The van der Waals surface area contributed by atoms with Crippen molar-refractivity contribution in [1.29, 1.82) is 0 Å². The number of fused-ring (bicyclic) bond motifs is 15. The van der Waals surface area contributed by atoms with Crippen LogP contribution in [0, 0.1) is 0 Å². The van der Waals surface area contributed by atoms with Gasteiger partial charge in [-0.15, -0.1) is 0 Å². The lowest BCUT2D eigenvalue weighted by atomic mass is 9.65. The third-order valence-electron chi connectivity index (χ3n) is 17.7. The van der Waals surface area contributed by atoms with E-state index in [2.05, 4.69) is 323 Å². The van der Waals surface area contributed by atoms with Gasteiger partial charge in [-0.3, -0.25) is 0 Å². The van der Waals surface area contributed by atoms with Crippen molar-refractivity contribution in [3.63, 3.8) is 0 Å². The van der Waals surface area contributed by atoms with Crippen LogP contribution in [0.5, 0.6) is 0 Å². The van der Waals surface area contributed by atoms with Crippen LogP contribution in [0.2, 0.25) is 0 Å². The normalized spacial score (nSPS) is 13.9. The number of hydrogen-bond acceptors (Lipinski definition) is 1. The van der Waals surface area contributed by atoms with E-state index in [1.54, 1.807) is 0 Å². The zero-order valence-electron chi connectivity index (χ0n) is 44.8. The highest BCUT2D eigenvalue weighted by Gasteiger charge is 2.51. The molecule has 3 nitrogen and oxygen atoms in total. The van der Waals surface area contributed by atoms with E-state index < -0.39 is 5.41 Å². The molecule has 382 valence electrons. The second kappa shape index (κ2) is 18.2. The van der Waals surface area contributed by atoms with Gasteiger partial charge >= 0.3 is 0 Å². The molecule has 0 saturated heterocycles. The van der Waals surface area contributed by atoms with E-state index in [1.165, 1.54) is 105 Å². The van der Waals surface area contributed by atoms with E-state index in [0.29, 0.717) is 0 Å². The van der Waals surface area contributed by atoms with E-state index in [4.69, 9.17) is 0 Å². The molecule has 1 spiro atoms. The van der Waals surface area contributed by atoms with Gasteiger partial charge < -0.3 is 14.0 Å². The molecule has 0 fully saturated rings. The summed E-state index contributed by atoms with van der Waals surface area (Å²) in [5.41, 5.74) is 27.2. The summed E-state index contributed by atoms with van der Waals surface area (Å²) in [5, 5.41) is 5.08. The first-order valence-electron chi connectivity index (χ1n) is 28.4. The quantitative estimate of drug-likeness (QED) is 0.148. The van der Waals surface area contributed by atoms with Crippen LogP contribution >= 0.6 is 0 Å². The van der Waals surface area contributed by atoms with Gasteiger partial charge in [0.05, 0.1) is 38.9 Å². The van der Waals surface area contributed by atoms with E-state index >= 15 is 0 Å². The molecule has 0 N–H and O–H groups in total. The molecule has 0 amide bonds. The molecule has 1 atom stereocenters. The van der Waals surface area contributed by atoms with Gasteiger partial charge in [-0.25, -0.2) is 0 Å². The smallest absolute Gasteiger partial charge is 0.0754 e. The maximum atomic E-state index is 2.52. The first kappa shape index (κ1) is 46.2. The minimum Gasteiger partial charge on any atom is -0.310 e. The minimum atomic E-state index is -0.551. The van der Waals surface area contributed by atoms with Crippen LogP contribution in [0.4, 0.5) is 17.1 Å². The van der Waals surface area contributed by atoms with Crippen LogP contribution in [0.15, 0.2) is 309 Å². The summed E-state index contributed by atoms with van der Waals surface area (Å²) in [6.07, 6.45) is 0. The summed E-state index contributed by atoms with van der Waals surface area (Å²) in [4.78, 5) is 2.46. The lowest BCUT2D eigenvalue weighted by Gasteiger charge is -2.39. The fraction of sp³-hybridized carbons (Fsp3) is 0.0127. The molecular weight excluding hydrogens is 991 g/mol. The number of hydrogen-bond donors (Lipinski definition) is 0. The highest BCUT2D eigenvalue weighted by molar-refractivity contribution is 6.13. The van der Waals surface area contributed by atoms with Gasteiger partial charge in [-0.05, 0) is 145 Å². The Labute approximate surface area is 476 Å². The number of aromatic nitrogens is 2. The highest BCUT2D eigenvalue weighted by Crippen LogP contribution is 2.61. The number of rotatable bonds is 8. The summed E-state index contributed by atoms with van der Waals surface area (Å²) in [6.45, 7) is 0. The largest absolute Gasteiger partial charge is 0.310 e. The Hall–Kier alpha value is -10.7. The Morgan fingerprint density at radius 1 is 0.256 bits per heavy atom. The van der Waals surface area contributed by atoms with E-state index in [-0.39, 0.29) is 0 Å². The first-order valence-corrected chi connectivity index (χ1v) is 28.4. The fourth-order valence-electron chi connectivity index (χ4n) is 14.3. The fourth-order valence-corrected chi connectivity index (χ4v) is 14.3. The van der Waals surface area contributed by atoms with Gasteiger partial charge in [0, 0.05) is 44.2 Å². The second-order valence-electron chi connectivity index (χ2n) is 21.9. The molecule has 15 aromatic rings. The van der Waals surface area contributed by atoms with Gasteiger partial charge in [-0.2, -0.15) is 0 Å². The van der Waals surface area contributed by atoms with E-state index in [1.807, 2.05) is 0 Å². The van der Waals surface area contributed by atoms with Crippen LogP contribution in [0.1, 0.15) is 22.3 Å². The van der Waals surface area contributed by atoms with Crippen molar-refractivity contribution in [2.45, 2.75) is 5.41 Å². The van der Waals surface area contributed by atoms with Crippen LogP contribution in [-0.4, -0.2) is 9.13 Å². The van der Waals surface area contributed by atoms with Gasteiger partial charge in [-0.1, -0.05) is 237 Å². The lowest BCUT2D eigenvalue weighted by Crippen LogP contribution is -2.33. The molecule has 3 heteroatoms. The molecule has 13 aromatic carbocycles. The van der Waals surface area contributed by atoms with Crippen LogP contribution < -0.4 is 4.90 Å². The number of benzene rings is 13. The summed E-state index contributed by atoms with van der Waals surface area (Å²) in [6, 6.07) is 115. The Kier molecular flexibility index (Phi) is 10.2. The monoisotopic (exact) mass is 1040 g/mol. The molecular formula is C79H51N3. The predicted molar refractivity (Wildman–Crippen MR) is 342 cm³/mol. The average molecular weight is 1040 g/mol. The topological polar surface area (TPSA) is 13.1 Å². The van der Waals surface area contributed by atoms with Crippen molar-refractivity contribution in [3.8, 4) is 67.0 Å². The SMILES string of the molecule is c1ccc(-c2ccccc2-c2ccccc2N(c2ccc(-c3ccc(-n4c5ccccc5c5ccccc54)cc3)cc2)c2cccc(-c3ccc4c(c3)C3(c5ccccc5-4)c4ccccc4-n4c5ccccc5c5cccc3c54)c2)cc1. The van der Waals surface area contributed by atoms with Crippen LogP contribution in [0.3, 0.4) is 0 Å².